The van der Waals surface area contributed by atoms with Crippen LogP contribution in [0.2, 0.25) is 0 Å². The maximum atomic E-state index is 12.9. The Morgan fingerprint density at radius 2 is 0.776 bits per heavy atom. The van der Waals surface area contributed by atoms with E-state index in [9.17, 15) is 47.9 Å². The summed E-state index contributed by atoms with van der Waals surface area (Å²) in [4.78, 5) is 123. The molecule has 0 rings (SSSR count). The summed E-state index contributed by atoms with van der Waals surface area (Å²) in [6.07, 6.45) is -1.57. The lowest BCUT2D eigenvalue weighted by Gasteiger charge is -2.32. The molecule has 0 aromatic heterocycles. The highest BCUT2D eigenvalue weighted by Gasteiger charge is 2.45. The van der Waals surface area contributed by atoms with Gasteiger partial charge in [-0.3, -0.25) is 38.4 Å². The van der Waals surface area contributed by atoms with Crippen LogP contribution in [0.3, 0.4) is 0 Å². The van der Waals surface area contributed by atoms with Crippen molar-refractivity contribution >= 4 is 58.9 Å². The number of Topliss-reactive ketones (excluding diaryl/α,β-unsaturated/α-hetero) is 4. The third-order valence-electron chi connectivity index (χ3n) is 8.01. The van der Waals surface area contributed by atoms with Gasteiger partial charge in [0.1, 0.15) is 55.0 Å². The lowest BCUT2D eigenvalue weighted by atomic mass is 9.73. The monoisotopic (exact) mass is 696 g/mol. The number of hydrogen-bond donors (Lipinski definition) is 0. The highest BCUT2D eigenvalue weighted by molar-refractivity contribution is 6.08. The molecular formula is C33H44O16. The van der Waals surface area contributed by atoms with Crippen molar-refractivity contribution in [1.29, 1.82) is 0 Å². The van der Waals surface area contributed by atoms with Gasteiger partial charge in [-0.1, -0.05) is 13.2 Å². The van der Waals surface area contributed by atoms with Crippen LogP contribution < -0.4 is 0 Å². The summed E-state index contributed by atoms with van der Waals surface area (Å²) in [7, 11) is 2.13. The van der Waals surface area contributed by atoms with E-state index in [0.29, 0.717) is 0 Å². The Balaban J connectivity index is 6.24. The van der Waals surface area contributed by atoms with Crippen molar-refractivity contribution in [2.45, 2.75) is 66.2 Å². The van der Waals surface area contributed by atoms with E-state index in [1.165, 1.54) is 0 Å². The Bertz CT molecular complexity index is 1200. The van der Waals surface area contributed by atoms with Gasteiger partial charge in [-0.2, -0.15) is 0 Å². The van der Waals surface area contributed by atoms with Gasteiger partial charge in [0, 0.05) is 25.0 Å². The molecule has 0 saturated heterocycles. The van der Waals surface area contributed by atoms with Gasteiger partial charge < -0.3 is 28.4 Å². The maximum absolute atomic E-state index is 12.9. The largest absolute Gasteiger partial charge is 0.469 e. The predicted molar refractivity (Wildman–Crippen MR) is 166 cm³/mol. The molecule has 0 amide bonds. The molecule has 0 fully saturated rings. The molecule has 0 aromatic rings. The van der Waals surface area contributed by atoms with Gasteiger partial charge in [-0.05, 0) is 40.5 Å². The molecular weight excluding hydrogens is 652 g/mol. The van der Waals surface area contributed by atoms with Gasteiger partial charge >= 0.3 is 35.8 Å². The van der Waals surface area contributed by atoms with E-state index in [1.807, 2.05) is 0 Å². The maximum Gasteiger partial charge on any atom is 0.330 e. The van der Waals surface area contributed by atoms with Gasteiger partial charge in [0.15, 0.2) is 0 Å². The van der Waals surface area contributed by atoms with Crippen molar-refractivity contribution in [3.8, 4) is 0 Å². The number of hydrogen-bond acceptors (Lipinski definition) is 16. The summed E-state index contributed by atoms with van der Waals surface area (Å²) in [6, 6.07) is 0. The van der Waals surface area contributed by atoms with Gasteiger partial charge in [0.05, 0.1) is 37.9 Å². The van der Waals surface area contributed by atoms with E-state index in [2.05, 4.69) is 22.6 Å². The van der Waals surface area contributed by atoms with Crippen molar-refractivity contribution < 1.29 is 76.4 Å². The predicted octanol–water partition coefficient (Wildman–Crippen LogP) is 1.53. The lowest BCUT2D eigenvalue weighted by molar-refractivity contribution is -0.168. The minimum atomic E-state index is -1.87. The first-order chi connectivity index (χ1) is 22.8. The highest BCUT2D eigenvalue weighted by atomic mass is 16.6. The molecule has 0 aliphatic rings. The molecule has 0 atom stereocenters. The Morgan fingerprint density at radius 3 is 1.02 bits per heavy atom. The van der Waals surface area contributed by atoms with E-state index in [4.69, 9.17) is 18.9 Å². The minimum absolute atomic E-state index is 0.426. The van der Waals surface area contributed by atoms with Gasteiger partial charge in [-0.15, -0.1) is 0 Å². The molecule has 0 N–H and O–H groups in total. The number of rotatable bonds is 24. The third kappa shape index (κ3) is 13.6. The number of ether oxygens (including phenoxy) is 6. The van der Waals surface area contributed by atoms with Crippen LogP contribution in [-0.2, 0) is 76.4 Å². The zero-order chi connectivity index (χ0) is 38.0. The lowest BCUT2D eigenvalue weighted by Crippen LogP contribution is -2.44. The Hall–Kier alpha value is -5.02. The van der Waals surface area contributed by atoms with Crippen molar-refractivity contribution in [3.63, 3.8) is 0 Å². The van der Waals surface area contributed by atoms with Crippen molar-refractivity contribution in [2.24, 2.45) is 16.2 Å². The molecule has 0 unspecified atom stereocenters. The molecule has 0 spiro atoms. The summed E-state index contributed by atoms with van der Waals surface area (Å²) in [5.41, 5.74) is -5.50. The summed E-state index contributed by atoms with van der Waals surface area (Å²) in [6.45, 7) is 8.15. The number of methoxy groups -OCH3 is 2. The fourth-order valence-corrected chi connectivity index (χ4v) is 4.57. The summed E-state index contributed by atoms with van der Waals surface area (Å²) >= 11 is 0. The molecule has 49 heavy (non-hydrogen) atoms. The zero-order valence-corrected chi connectivity index (χ0v) is 28.7. The van der Waals surface area contributed by atoms with E-state index in [-0.39, 0.29) is 0 Å². The molecule has 0 bridgehead atoms. The number of ketones is 4. The normalized spacial score (nSPS) is 11.2. The van der Waals surface area contributed by atoms with E-state index < -0.39 is 140 Å². The second kappa shape index (κ2) is 20.4. The molecule has 0 saturated carbocycles. The molecule has 272 valence electrons. The smallest absolute Gasteiger partial charge is 0.330 e. The molecule has 0 aliphatic heterocycles. The Labute approximate surface area is 283 Å². The van der Waals surface area contributed by atoms with Crippen LogP contribution in [0.1, 0.15) is 66.2 Å². The van der Waals surface area contributed by atoms with Crippen LogP contribution in [-0.4, -0.2) is 99.6 Å². The molecule has 0 radical (unpaired) electrons. The molecule has 16 heteroatoms. The van der Waals surface area contributed by atoms with Crippen LogP contribution in [0, 0.1) is 16.2 Å². The third-order valence-corrected chi connectivity index (χ3v) is 8.01. The average molecular weight is 697 g/mol. The van der Waals surface area contributed by atoms with Gasteiger partial charge in [0.25, 0.3) is 0 Å². The first-order valence-electron chi connectivity index (χ1n) is 14.9. The first kappa shape index (κ1) is 44.0. The van der Waals surface area contributed by atoms with Crippen molar-refractivity contribution in [3.05, 3.63) is 25.3 Å². The van der Waals surface area contributed by atoms with Gasteiger partial charge in [0.2, 0.25) is 0 Å². The van der Waals surface area contributed by atoms with E-state index >= 15 is 0 Å². The Kier molecular flexibility index (Phi) is 18.3. The van der Waals surface area contributed by atoms with E-state index in [1.54, 1.807) is 0 Å². The summed E-state index contributed by atoms with van der Waals surface area (Å²) in [5.74, 6) is -8.32. The van der Waals surface area contributed by atoms with Crippen LogP contribution >= 0.6 is 0 Å². The highest BCUT2D eigenvalue weighted by Crippen LogP contribution is 2.33. The molecule has 0 heterocycles. The number of carbonyl (C=O) groups excluding carboxylic acids is 10. The first-order valence-corrected chi connectivity index (χ1v) is 14.9. The number of esters is 6. The second-order valence-electron chi connectivity index (χ2n) is 11.3. The SMILES string of the molecule is C=CC(=O)OCC(COC(=O)C=C)(COC(=O)CCC(CC(=O)OC)(C(C)=O)C(C)=O)COC(=O)CCC(CC(=O)OC)(C(C)=O)C(C)=O. The molecule has 16 nitrogen and oxygen atoms in total. The van der Waals surface area contributed by atoms with Crippen LogP contribution in [0.5, 0.6) is 0 Å². The second-order valence-corrected chi connectivity index (χ2v) is 11.3. The van der Waals surface area contributed by atoms with Gasteiger partial charge in [-0.25, -0.2) is 9.59 Å². The van der Waals surface area contributed by atoms with Crippen molar-refractivity contribution in [2.75, 3.05) is 40.6 Å². The standard InChI is InChI=1S/C33H44O16/c1-9-25(38)46-17-31(18-47-26(39)10-2,19-48-27(40)11-13-32(21(3)34,22(4)35)15-29(42)44-7)20-49-28(41)12-14-33(23(5)36,24(6)37)16-30(43)45-8/h9-10H,1-2,11-20H2,3-8H3. The van der Waals surface area contributed by atoms with E-state index in [0.717, 1.165) is 54.1 Å². The van der Waals surface area contributed by atoms with Crippen molar-refractivity contribution in [1.82, 2.24) is 0 Å². The quantitative estimate of drug-likeness (QED) is 0.0603. The summed E-state index contributed by atoms with van der Waals surface area (Å²) in [5, 5.41) is 0. The zero-order valence-electron chi connectivity index (χ0n) is 28.7. The van der Waals surface area contributed by atoms with Crippen LogP contribution in [0.4, 0.5) is 0 Å². The molecule has 0 aliphatic carbocycles. The topological polar surface area (TPSA) is 226 Å². The molecule has 0 aromatic carbocycles. The van der Waals surface area contributed by atoms with Crippen LogP contribution in [0.15, 0.2) is 25.3 Å². The minimum Gasteiger partial charge on any atom is -0.469 e. The Morgan fingerprint density at radius 1 is 0.490 bits per heavy atom. The average Bonchev–Trinajstić information content (AvgIpc) is 3.06. The summed E-state index contributed by atoms with van der Waals surface area (Å²) < 4.78 is 30.1. The fourth-order valence-electron chi connectivity index (χ4n) is 4.57. The fraction of sp³-hybridized carbons (Fsp3) is 0.576. The number of carbonyl (C=O) groups is 10. The van der Waals surface area contributed by atoms with Crippen LogP contribution in [0.25, 0.3) is 0 Å².